The Bertz CT molecular complexity index is 627. The molecule has 0 radical (unpaired) electrons. The molecule has 5 heteroatoms. The molecule has 1 heterocycles. The van der Waals surface area contributed by atoms with E-state index in [1.165, 1.54) is 5.56 Å². The first-order valence-electron chi connectivity index (χ1n) is 9.32. The minimum atomic E-state index is -0.445. The van der Waals surface area contributed by atoms with Crippen LogP contribution in [0, 0.1) is 5.92 Å². The average Bonchev–Trinajstić information content (AvgIpc) is 3.00. The molecule has 2 aliphatic rings. The number of amides is 2. The molecule has 0 unspecified atom stereocenters. The van der Waals surface area contributed by atoms with Gasteiger partial charge in [0.25, 0.3) is 0 Å². The van der Waals surface area contributed by atoms with Gasteiger partial charge in [0, 0.05) is 18.5 Å². The predicted molar refractivity (Wildman–Crippen MR) is 96.4 cm³/mol. The number of nitrogens with one attached hydrogen (secondary N) is 1. The third kappa shape index (κ3) is 4.14. The van der Waals surface area contributed by atoms with Crippen molar-refractivity contribution in [2.24, 2.45) is 5.92 Å². The lowest BCUT2D eigenvalue weighted by Gasteiger charge is -2.30. The normalized spacial score (nSPS) is 21.5. The van der Waals surface area contributed by atoms with E-state index in [1.54, 1.807) is 14.0 Å². The summed E-state index contributed by atoms with van der Waals surface area (Å²) in [5, 5.41) is 2.91. The SMILES string of the molecule is COc1cccc(C[C@@H]2CCCN2C(=O)[C@@H](C)NC(=O)C2CCC2)c1. The number of ether oxygens (including phenoxy) is 1. The standard InChI is InChI=1S/C20H28N2O3/c1-14(21-19(23)16-7-4-8-16)20(24)22-11-5-9-17(22)12-15-6-3-10-18(13-15)25-2/h3,6,10,13-14,16-17H,4-5,7-9,11-12H2,1-2H3,(H,21,23)/t14-,17+/m1/s1. The number of hydrogen-bond acceptors (Lipinski definition) is 3. The van der Waals surface area contributed by atoms with E-state index in [0.717, 1.165) is 50.8 Å². The van der Waals surface area contributed by atoms with Crippen LogP contribution in [0.2, 0.25) is 0 Å². The molecule has 1 aromatic carbocycles. The molecule has 0 spiro atoms. The van der Waals surface area contributed by atoms with Crippen molar-refractivity contribution >= 4 is 11.8 Å². The smallest absolute Gasteiger partial charge is 0.245 e. The fraction of sp³-hybridized carbons (Fsp3) is 0.600. The first-order valence-corrected chi connectivity index (χ1v) is 9.32. The van der Waals surface area contributed by atoms with Crippen LogP contribution in [0.5, 0.6) is 5.75 Å². The Morgan fingerprint density at radius 2 is 2.08 bits per heavy atom. The molecular formula is C20H28N2O3. The molecule has 2 fully saturated rings. The second kappa shape index (κ2) is 7.89. The van der Waals surface area contributed by atoms with Gasteiger partial charge in [-0.15, -0.1) is 0 Å². The van der Waals surface area contributed by atoms with Gasteiger partial charge >= 0.3 is 0 Å². The van der Waals surface area contributed by atoms with E-state index in [0.29, 0.717) is 0 Å². The monoisotopic (exact) mass is 344 g/mol. The summed E-state index contributed by atoms with van der Waals surface area (Å²) in [7, 11) is 1.66. The number of carbonyl (C=O) groups is 2. The van der Waals surface area contributed by atoms with Gasteiger partial charge in [-0.25, -0.2) is 0 Å². The van der Waals surface area contributed by atoms with E-state index in [-0.39, 0.29) is 23.8 Å². The van der Waals surface area contributed by atoms with Crippen molar-refractivity contribution in [1.82, 2.24) is 10.2 Å². The van der Waals surface area contributed by atoms with Crippen molar-refractivity contribution in [3.8, 4) is 5.75 Å². The third-order valence-corrected chi connectivity index (χ3v) is 5.47. The number of methoxy groups -OCH3 is 1. The van der Waals surface area contributed by atoms with Gasteiger partial charge < -0.3 is 15.0 Å². The van der Waals surface area contributed by atoms with E-state index < -0.39 is 6.04 Å². The van der Waals surface area contributed by atoms with Gasteiger partial charge in [0.2, 0.25) is 11.8 Å². The Morgan fingerprint density at radius 1 is 1.28 bits per heavy atom. The molecule has 5 nitrogen and oxygen atoms in total. The topological polar surface area (TPSA) is 58.6 Å². The molecule has 3 rings (SSSR count). The fourth-order valence-electron chi connectivity index (χ4n) is 3.72. The van der Waals surface area contributed by atoms with E-state index in [9.17, 15) is 9.59 Å². The Labute approximate surface area is 149 Å². The van der Waals surface area contributed by atoms with Crippen molar-refractivity contribution in [2.45, 2.75) is 57.5 Å². The molecule has 1 N–H and O–H groups in total. The van der Waals surface area contributed by atoms with Crippen molar-refractivity contribution in [3.05, 3.63) is 29.8 Å². The Hall–Kier alpha value is -2.04. The van der Waals surface area contributed by atoms with Gasteiger partial charge in [-0.2, -0.15) is 0 Å². The maximum atomic E-state index is 12.8. The summed E-state index contributed by atoms with van der Waals surface area (Å²) in [6.45, 7) is 2.58. The highest BCUT2D eigenvalue weighted by molar-refractivity contribution is 5.88. The lowest BCUT2D eigenvalue weighted by atomic mass is 9.84. The molecule has 1 aromatic rings. The summed E-state index contributed by atoms with van der Waals surface area (Å²) in [6.07, 6.45) is 5.88. The van der Waals surface area contributed by atoms with Crippen LogP contribution in [0.3, 0.4) is 0 Å². The molecule has 1 saturated heterocycles. The Kier molecular flexibility index (Phi) is 5.61. The minimum Gasteiger partial charge on any atom is -0.497 e. The van der Waals surface area contributed by atoms with Crippen LogP contribution in [0.15, 0.2) is 24.3 Å². The highest BCUT2D eigenvalue weighted by Crippen LogP contribution is 2.27. The Balaban J connectivity index is 1.59. The summed E-state index contributed by atoms with van der Waals surface area (Å²) < 4.78 is 5.29. The number of benzene rings is 1. The first kappa shape index (κ1) is 17.8. The number of hydrogen-bond donors (Lipinski definition) is 1. The predicted octanol–water partition coefficient (Wildman–Crippen LogP) is 2.53. The maximum Gasteiger partial charge on any atom is 0.245 e. The molecule has 1 aliphatic carbocycles. The summed E-state index contributed by atoms with van der Waals surface area (Å²) >= 11 is 0. The van der Waals surface area contributed by atoms with Gasteiger partial charge in [0.15, 0.2) is 0 Å². The minimum absolute atomic E-state index is 0.0376. The van der Waals surface area contributed by atoms with E-state index in [4.69, 9.17) is 4.74 Å². The van der Waals surface area contributed by atoms with Gasteiger partial charge in [-0.3, -0.25) is 9.59 Å². The van der Waals surface area contributed by atoms with Crippen molar-refractivity contribution in [3.63, 3.8) is 0 Å². The summed E-state index contributed by atoms with van der Waals surface area (Å²) in [4.78, 5) is 26.9. The van der Waals surface area contributed by atoms with Crippen LogP contribution >= 0.6 is 0 Å². The highest BCUT2D eigenvalue weighted by Gasteiger charge is 2.33. The third-order valence-electron chi connectivity index (χ3n) is 5.47. The van der Waals surface area contributed by atoms with E-state index in [2.05, 4.69) is 11.4 Å². The van der Waals surface area contributed by atoms with Crippen LogP contribution in [-0.2, 0) is 16.0 Å². The number of nitrogens with zero attached hydrogens (tertiary/aromatic N) is 1. The molecule has 0 bridgehead atoms. The lowest BCUT2D eigenvalue weighted by molar-refractivity contribution is -0.138. The molecule has 1 saturated carbocycles. The van der Waals surface area contributed by atoms with Crippen LogP contribution in [-0.4, -0.2) is 42.5 Å². The average molecular weight is 344 g/mol. The van der Waals surface area contributed by atoms with Crippen LogP contribution in [0.25, 0.3) is 0 Å². The van der Waals surface area contributed by atoms with Crippen molar-refractivity contribution < 1.29 is 14.3 Å². The fourth-order valence-corrected chi connectivity index (χ4v) is 3.72. The largest absolute Gasteiger partial charge is 0.497 e. The molecule has 136 valence electrons. The highest BCUT2D eigenvalue weighted by atomic mass is 16.5. The van der Waals surface area contributed by atoms with Crippen LogP contribution < -0.4 is 10.1 Å². The van der Waals surface area contributed by atoms with Crippen molar-refractivity contribution in [1.29, 1.82) is 0 Å². The van der Waals surface area contributed by atoms with E-state index >= 15 is 0 Å². The molecule has 2 atom stereocenters. The van der Waals surface area contributed by atoms with Gasteiger partial charge in [-0.05, 0) is 56.7 Å². The molecule has 2 amide bonds. The number of carbonyl (C=O) groups excluding carboxylic acids is 2. The first-order chi connectivity index (χ1) is 12.1. The zero-order valence-electron chi connectivity index (χ0n) is 15.2. The summed E-state index contributed by atoms with van der Waals surface area (Å²) in [6, 6.07) is 7.77. The quantitative estimate of drug-likeness (QED) is 0.863. The van der Waals surface area contributed by atoms with Crippen molar-refractivity contribution in [2.75, 3.05) is 13.7 Å². The lowest BCUT2D eigenvalue weighted by Crippen LogP contribution is -2.50. The number of likely N-dealkylation sites (tertiary alicyclic amines) is 1. The Morgan fingerprint density at radius 3 is 2.76 bits per heavy atom. The number of rotatable bonds is 6. The summed E-state index contributed by atoms with van der Waals surface area (Å²) in [5.74, 6) is 1.03. The maximum absolute atomic E-state index is 12.8. The van der Waals surface area contributed by atoms with Gasteiger partial charge in [0.1, 0.15) is 11.8 Å². The zero-order valence-corrected chi connectivity index (χ0v) is 15.2. The summed E-state index contributed by atoms with van der Waals surface area (Å²) in [5.41, 5.74) is 1.18. The molecule has 0 aromatic heterocycles. The van der Waals surface area contributed by atoms with Crippen LogP contribution in [0.4, 0.5) is 0 Å². The molecule has 25 heavy (non-hydrogen) atoms. The zero-order chi connectivity index (χ0) is 17.8. The molecular weight excluding hydrogens is 316 g/mol. The second-order valence-electron chi connectivity index (χ2n) is 7.24. The van der Waals surface area contributed by atoms with Crippen LogP contribution in [0.1, 0.15) is 44.6 Å². The molecule has 1 aliphatic heterocycles. The van der Waals surface area contributed by atoms with Gasteiger partial charge in [-0.1, -0.05) is 18.6 Å². The van der Waals surface area contributed by atoms with Gasteiger partial charge in [0.05, 0.1) is 7.11 Å². The van der Waals surface area contributed by atoms with E-state index in [1.807, 2.05) is 23.1 Å². The second-order valence-corrected chi connectivity index (χ2v) is 7.24.